The highest BCUT2D eigenvalue weighted by Gasteiger charge is 2.56. The Morgan fingerprint density at radius 1 is 0.333 bits per heavy atom. The van der Waals surface area contributed by atoms with Crippen LogP contribution in [0.3, 0.4) is 0 Å². The number of hydrogen-bond donors (Lipinski definition) is 17. The fourth-order valence-corrected chi connectivity index (χ4v) is 7.44. The Kier molecular flexibility index (Phi) is 18.5. The van der Waals surface area contributed by atoms with Gasteiger partial charge in [0, 0.05) is 0 Å². The summed E-state index contributed by atoms with van der Waals surface area (Å²) in [5, 5.41) is 168. The summed E-state index contributed by atoms with van der Waals surface area (Å²) in [6.45, 7) is -4.10. The van der Waals surface area contributed by atoms with Crippen molar-refractivity contribution in [2.45, 2.75) is 160 Å². The molecule has 60 heavy (non-hydrogen) atoms. The smallest absolute Gasteiger partial charge is 0.187 e. The molecule has 25 atom stereocenters. The van der Waals surface area contributed by atoms with E-state index in [1.54, 1.807) is 0 Å². The van der Waals surface area contributed by atoms with Crippen molar-refractivity contribution >= 4 is 0 Å². The molecule has 27 nitrogen and oxygen atoms in total. The van der Waals surface area contributed by atoms with Gasteiger partial charge in [-0.2, -0.15) is 0 Å². The molecule has 5 aliphatic rings. The fraction of sp³-hybridized carbons (Fsp3) is 1.00. The van der Waals surface area contributed by atoms with Crippen LogP contribution in [0.2, 0.25) is 0 Å². The average Bonchev–Trinajstić information content (AvgIpc) is 3.24. The van der Waals surface area contributed by atoms with Crippen LogP contribution in [-0.4, -0.2) is 281 Å². The first-order valence-electron chi connectivity index (χ1n) is 19.3. The van der Waals surface area contributed by atoms with Crippen LogP contribution < -0.4 is 5.73 Å². The van der Waals surface area contributed by atoms with Crippen LogP contribution in [0.4, 0.5) is 0 Å². The van der Waals surface area contributed by atoms with Gasteiger partial charge in [-0.25, -0.2) is 0 Å². The van der Waals surface area contributed by atoms with E-state index in [2.05, 4.69) is 0 Å². The molecule has 0 spiro atoms. The van der Waals surface area contributed by atoms with Gasteiger partial charge in [0.1, 0.15) is 122 Å². The van der Waals surface area contributed by atoms with Gasteiger partial charge in [0.2, 0.25) is 0 Å². The number of nitrogens with two attached hydrogens (primary N) is 1. The Bertz CT molecular complexity index is 1270. The Hall–Kier alpha value is -1.08. The standard InChI is InChI=1S/C33H59NO26/c34-2-1-3-51-29-21(47)16(42)25(10(5-36)53-29)58-31-23(49)18(44)27(12(7-38)55-31)60-33-24(50)19(45)28(13(8-39)56-33)59-32-22(48)17(43)26(11(6-37)54-32)57-30-20(46)15(41)14(40)9(4-35)52-30/h9-33,35-50H,1-8,34H2/t9?,10?,11?,12?,13?,14-,15+,16-,17-,18-,19?,20?,21?,22?,23?,24+,25+,26+,27-,28-,29+,30-,31-,32-,33+/m1/s1. The zero-order chi connectivity index (χ0) is 44.2. The van der Waals surface area contributed by atoms with E-state index in [1.165, 1.54) is 0 Å². The van der Waals surface area contributed by atoms with E-state index in [9.17, 15) is 81.7 Å². The number of aliphatic hydroxyl groups excluding tert-OH is 16. The van der Waals surface area contributed by atoms with E-state index in [-0.39, 0.29) is 13.2 Å². The molecule has 0 aromatic carbocycles. The van der Waals surface area contributed by atoms with Crippen LogP contribution in [-0.2, 0) is 47.4 Å². The third-order valence-corrected chi connectivity index (χ3v) is 10.9. The molecule has 0 radical (unpaired) electrons. The van der Waals surface area contributed by atoms with Crippen LogP contribution in [0, 0.1) is 0 Å². The first kappa shape index (κ1) is 49.9. The molecule has 5 rings (SSSR count). The Balaban J connectivity index is 1.21. The molecule has 5 aliphatic heterocycles. The van der Waals surface area contributed by atoms with Gasteiger partial charge in [0.05, 0.1) is 39.6 Å². The molecular weight excluding hydrogens is 826 g/mol. The van der Waals surface area contributed by atoms with Crippen LogP contribution in [0.15, 0.2) is 0 Å². The van der Waals surface area contributed by atoms with Gasteiger partial charge in [0.15, 0.2) is 31.5 Å². The molecule has 18 N–H and O–H groups in total. The number of aliphatic hydroxyl groups is 16. The summed E-state index contributed by atoms with van der Waals surface area (Å²) < 4.78 is 55.4. The zero-order valence-electron chi connectivity index (χ0n) is 31.9. The van der Waals surface area contributed by atoms with Crippen molar-refractivity contribution in [3.63, 3.8) is 0 Å². The van der Waals surface area contributed by atoms with Gasteiger partial charge in [-0.05, 0) is 13.0 Å². The molecule has 10 unspecified atom stereocenters. The number of rotatable bonds is 17. The summed E-state index contributed by atoms with van der Waals surface area (Å²) in [5.74, 6) is 0. The summed E-state index contributed by atoms with van der Waals surface area (Å²) in [6.07, 6.45) is -44.3. The lowest BCUT2D eigenvalue weighted by Gasteiger charge is -2.49. The second-order valence-electron chi connectivity index (χ2n) is 14.9. The molecule has 27 heteroatoms. The van der Waals surface area contributed by atoms with E-state index in [1.807, 2.05) is 0 Å². The van der Waals surface area contributed by atoms with Crippen LogP contribution in [0.1, 0.15) is 6.42 Å². The van der Waals surface area contributed by atoms with Crippen molar-refractivity contribution in [2.75, 3.05) is 46.2 Å². The normalized spacial score (nSPS) is 50.5. The van der Waals surface area contributed by atoms with Crippen LogP contribution in [0.25, 0.3) is 0 Å². The highest BCUT2D eigenvalue weighted by molar-refractivity contribution is 4.99. The number of ether oxygens (including phenoxy) is 10. The second-order valence-corrected chi connectivity index (χ2v) is 14.9. The molecule has 0 aromatic rings. The third kappa shape index (κ3) is 10.5. The van der Waals surface area contributed by atoms with E-state index >= 15 is 0 Å². The summed E-state index contributed by atoms with van der Waals surface area (Å²) in [7, 11) is 0. The molecule has 352 valence electrons. The van der Waals surface area contributed by atoms with Gasteiger partial charge in [-0.1, -0.05) is 0 Å². The Labute approximate surface area is 341 Å². The van der Waals surface area contributed by atoms with Crippen LogP contribution in [0.5, 0.6) is 0 Å². The van der Waals surface area contributed by atoms with Gasteiger partial charge >= 0.3 is 0 Å². The van der Waals surface area contributed by atoms with E-state index in [4.69, 9.17) is 53.1 Å². The van der Waals surface area contributed by atoms with Crippen molar-refractivity contribution in [3.8, 4) is 0 Å². The highest BCUT2D eigenvalue weighted by atomic mass is 16.8. The molecule has 0 bridgehead atoms. The first-order valence-corrected chi connectivity index (χ1v) is 19.3. The average molecular weight is 886 g/mol. The van der Waals surface area contributed by atoms with E-state index in [0.29, 0.717) is 6.42 Å². The van der Waals surface area contributed by atoms with Crippen molar-refractivity contribution in [2.24, 2.45) is 5.73 Å². The maximum absolute atomic E-state index is 11.1. The summed E-state index contributed by atoms with van der Waals surface area (Å²) in [5.41, 5.74) is 5.44. The van der Waals surface area contributed by atoms with Gasteiger partial charge in [-0.3, -0.25) is 0 Å². The first-order chi connectivity index (χ1) is 28.6. The quantitative estimate of drug-likeness (QED) is 0.0603. The monoisotopic (exact) mass is 885 g/mol. The van der Waals surface area contributed by atoms with Gasteiger partial charge in [0.25, 0.3) is 0 Å². The Morgan fingerprint density at radius 2 is 0.600 bits per heavy atom. The predicted molar refractivity (Wildman–Crippen MR) is 184 cm³/mol. The van der Waals surface area contributed by atoms with Crippen molar-refractivity contribution in [3.05, 3.63) is 0 Å². The predicted octanol–water partition coefficient (Wildman–Crippen LogP) is -11.6. The fourth-order valence-electron chi connectivity index (χ4n) is 7.44. The zero-order valence-corrected chi connectivity index (χ0v) is 31.9. The summed E-state index contributed by atoms with van der Waals surface area (Å²) in [6, 6.07) is 0. The van der Waals surface area contributed by atoms with Crippen molar-refractivity contribution in [1.29, 1.82) is 0 Å². The molecule has 0 amide bonds. The molecule has 0 aliphatic carbocycles. The lowest BCUT2D eigenvalue weighted by molar-refractivity contribution is -0.393. The summed E-state index contributed by atoms with van der Waals surface area (Å²) in [4.78, 5) is 0. The minimum absolute atomic E-state index is 0.0525. The second kappa shape index (κ2) is 22.2. The van der Waals surface area contributed by atoms with Gasteiger partial charge < -0.3 is 135 Å². The van der Waals surface area contributed by atoms with Crippen molar-refractivity contribution < 1.29 is 129 Å². The SMILES string of the molecule is NCCCO[C@H]1OC(CO)[C@H](O[C@H]2OC(CO)[C@@H](O[C@@H]3OC(CO)[C@@H](O[C@H]4OC(CO)[C@H](O[C@H]5OC(CO)[C@@H](O)[C@H](O)C5O)[C@H](O)C4O)C(O)[C@@H]3O)[C@H](O)C2O)[C@H](O)C1O. The molecule has 5 fully saturated rings. The molecule has 5 heterocycles. The lowest BCUT2D eigenvalue weighted by Crippen LogP contribution is -2.68. The van der Waals surface area contributed by atoms with E-state index < -0.39 is 187 Å². The minimum atomic E-state index is -2.11. The molecule has 5 saturated heterocycles. The number of hydrogen-bond acceptors (Lipinski definition) is 27. The van der Waals surface area contributed by atoms with Crippen molar-refractivity contribution in [1.82, 2.24) is 0 Å². The molecular formula is C33H59NO26. The Morgan fingerprint density at radius 3 is 0.900 bits per heavy atom. The summed E-state index contributed by atoms with van der Waals surface area (Å²) >= 11 is 0. The molecule has 0 aromatic heterocycles. The lowest BCUT2D eigenvalue weighted by atomic mass is 9.95. The van der Waals surface area contributed by atoms with Crippen LogP contribution >= 0.6 is 0 Å². The maximum Gasteiger partial charge on any atom is 0.187 e. The van der Waals surface area contributed by atoms with Gasteiger partial charge in [-0.15, -0.1) is 0 Å². The maximum atomic E-state index is 11.1. The molecule has 0 saturated carbocycles. The van der Waals surface area contributed by atoms with E-state index in [0.717, 1.165) is 0 Å². The topological polar surface area (TPSA) is 442 Å². The third-order valence-electron chi connectivity index (χ3n) is 10.9. The highest BCUT2D eigenvalue weighted by Crippen LogP contribution is 2.35. The largest absolute Gasteiger partial charge is 0.394 e. The minimum Gasteiger partial charge on any atom is -0.394 e.